The molecule has 0 saturated carbocycles. The number of hydrogen-bond donors (Lipinski definition) is 1. The summed E-state index contributed by atoms with van der Waals surface area (Å²) in [6.45, 7) is 7.12. The normalized spacial score (nSPS) is 30.8. The summed E-state index contributed by atoms with van der Waals surface area (Å²) in [5.74, 6) is 0.0886. The molecule has 126 valence electrons. The van der Waals surface area contributed by atoms with Crippen molar-refractivity contribution in [1.82, 2.24) is 15.2 Å². The number of nitrogens with zero attached hydrogens (tertiary/aromatic N) is 3. The summed E-state index contributed by atoms with van der Waals surface area (Å²) in [5.41, 5.74) is 1.43. The van der Waals surface area contributed by atoms with Gasteiger partial charge in [0.25, 0.3) is 6.43 Å². The molecule has 0 amide bonds. The zero-order valence-corrected chi connectivity index (χ0v) is 13.9. The first-order valence-electron chi connectivity index (χ1n) is 8.26. The lowest BCUT2D eigenvalue weighted by molar-refractivity contribution is 0.0975. The van der Waals surface area contributed by atoms with Gasteiger partial charge in [0.2, 0.25) is 0 Å². The molecule has 2 saturated heterocycles. The molecule has 4 heterocycles. The van der Waals surface area contributed by atoms with Gasteiger partial charge in [0.05, 0.1) is 0 Å². The van der Waals surface area contributed by atoms with E-state index < -0.39 is 6.43 Å². The van der Waals surface area contributed by atoms with Crippen molar-refractivity contribution in [3.8, 4) is 0 Å². The van der Waals surface area contributed by atoms with Gasteiger partial charge in [0.15, 0.2) is 0 Å². The maximum absolute atomic E-state index is 13.4. The molecule has 2 fully saturated rings. The zero-order valence-electron chi connectivity index (χ0n) is 13.1. The minimum atomic E-state index is -2.58. The van der Waals surface area contributed by atoms with Crippen LogP contribution >= 0.6 is 11.6 Å². The summed E-state index contributed by atoms with van der Waals surface area (Å²) >= 11 is 6.01. The summed E-state index contributed by atoms with van der Waals surface area (Å²) in [6, 6.07) is 2.69. The van der Waals surface area contributed by atoms with Gasteiger partial charge >= 0.3 is 0 Å². The molecule has 1 aromatic heterocycles. The van der Waals surface area contributed by atoms with Crippen LogP contribution in [-0.4, -0.2) is 54.7 Å². The monoisotopic (exact) mass is 342 g/mol. The van der Waals surface area contributed by atoms with Crippen LogP contribution < -0.4 is 10.2 Å². The lowest BCUT2D eigenvalue weighted by Gasteiger charge is -2.58. The quantitative estimate of drug-likeness (QED) is 0.837. The molecular weight excluding hydrogens is 322 g/mol. The average Bonchev–Trinajstić information content (AvgIpc) is 2.51. The predicted molar refractivity (Wildman–Crippen MR) is 86.6 cm³/mol. The molecule has 3 atom stereocenters. The number of aromatic nitrogens is 1. The Hall–Kier alpha value is -0.980. The van der Waals surface area contributed by atoms with Crippen molar-refractivity contribution in [1.29, 1.82) is 0 Å². The second-order valence-electron chi connectivity index (χ2n) is 6.77. The van der Waals surface area contributed by atoms with Crippen molar-refractivity contribution in [2.24, 2.45) is 0 Å². The van der Waals surface area contributed by atoms with Gasteiger partial charge in [-0.25, -0.2) is 13.8 Å². The molecular formula is C16H21ClF2N4. The lowest BCUT2D eigenvalue weighted by atomic mass is 9.77. The molecule has 4 rings (SSSR count). The number of hydrogen-bond acceptors (Lipinski definition) is 4. The summed E-state index contributed by atoms with van der Waals surface area (Å²) in [4.78, 5) is 8.68. The van der Waals surface area contributed by atoms with Gasteiger partial charge in [-0.05, 0) is 18.4 Å². The SMILES string of the molecule is C[C@H]1C[C@H]2[C@H](N3CCNCC3)CN2c2cc(Cl)nc(C(F)F)c21. The lowest BCUT2D eigenvalue weighted by Crippen LogP contribution is -2.70. The van der Waals surface area contributed by atoms with Gasteiger partial charge < -0.3 is 10.2 Å². The van der Waals surface area contributed by atoms with Crippen LogP contribution in [0.2, 0.25) is 5.15 Å². The van der Waals surface area contributed by atoms with E-state index in [-0.39, 0.29) is 16.8 Å². The number of halogens is 3. The van der Waals surface area contributed by atoms with Gasteiger partial charge in [-0.3, -0.25) is 4.90 Å². The van der Waals surface area contributed by atoms with Crippen LogP contribution in [0.1, 0.15) is 36.9 Å². The molecule has 23 heavy (non-hydrogen) atoms. The molecule has 0 unspecified atom stereocenters. The van der Waals surface area contributed by atoms with E-state index in [1.54, 1.807) is 6.07 Å². The van der Waals surface area contributed by atoms with E-state index in [0.29, 0.717) is 17.6 Å². The summed E-state index contributed by atoms with van der Waals surface area (Å²) in [7, 11) is 0. The van der Waals surface area contributed by atoms with E-state index in [0.717, 1.165) is 44.8 Å². The number of pyridine rings is 1. The molecule has 0 spiro atoms. The molecule has 3 aliphatic heterocycles. The number of piperazine rings is 1. The third kappa shape index (κ3) is 2.51. The van der Waals surface area contributed by atoms with Crippen LogP contribution in [0, 0.1) is 0 Å². The van der Waals surface area contributed by atoms with Gasteiger partial charge in [-0.1, -0.05) is 18.5 Å². The number of fused-ring (bicyclic) bond motifs is 3. The average molecular weight is 343 g/mol. The Bertz CT molecular complexity index is 606. The van der Waals surface area contributed by atoms with Gasteiger partial charge in [0.1, 0.15) is 10.8 Å². The van der Waals surface area contributed by atoms with Crippen molar-refractivity contribution in [3.63, 3.8) is 0 Å². The Morgan fingerprint density at radius 1 is 1.30 bits per heavy atom. The largest absolute Gasteiger partial charge is 0.365 e. The van der Waals surface area contributed by atoms with Crippen molar-refractivity contribution in [3.05, 3.63) is 22.5 Å². The highest BCUT2D eigenvalue weighted by molar-refractivity contribution is 6.29. The first-order chi connectivity index (χ1) is 11.1. The Balaban J connectivity index is 1.64. The summed E-state index contributed by atoms with van der Waals surface area (Å²) in [5, 5.41) is 3.54. The first-order valence-corrected chi connectivity index (χ1v) is 8.64. The van der Waals surface area contributed by atoms with E-state index >= 15 is 0 Å². The van der Waals surface area contributed by atoms with Crippen LogP contribution in [0.15, 0.2) is 6.07 Å². The molecule has 1 N–H and O–H groups in total. The van der Waals surface area contributed by atoms with E-state index in [9.17, 15) is 8.78 Å². The zero-order chi connectivity index (χ0) is 16.1. The van der Waals surface area contributed by atoms with E-state index in [1.807, 2.05) is 6.92 Å². The molecule has 7 heteroatoms. The maximum atomic E-state index is 13.4. The Kier molecular flexibility index (Phi) is 3.94. The third-order valence-electron chi connectivity index (χ3n) is 5.49. The molecule has 4 nitrogen and oxygen atoms in total. The second-order valence-corrected chi connectivity index (χ2v) is 7.16. The standard InChI is InChI=1S/C16H21ClF2N4/c1-9-6-10-12(22-4-2-20-3-5-22)8-23(10)11-7-13(17)21-15(14(9)11)16(18)19/h7,9-10,12,16,20H,2-6,8H2,1H3/t9-,10-,12+/m0/s1. The number of alkyl halides is 2. The predicted octanol–water partition coefficient (Wildman–Crippen LogP) is 2.64. The highest BCUT2D eigenvalue weighted by Crippen LogP contribution is 2.48. The van der Waals surface area contributed by atoms with E-state index in [2.05, 4.69) is 20.1 Å². The highest BCUT2D eigenvalue weighted by atomic mass is 35.5. The van der Waals surface area contributed by atoms with Crippen molar-refractivity contribution < 1.29 is 8.78 Å². The fourth-order valence-electron chi connectivity index (χ4n) is 4.38. The highest BCUT2D eigenvalue weighted by Gasteiger charge is 2.48. The molecule has 0 radical (unpaired) electrons. The number of anilines is 1. The molecule has 0 bridgehead atoms. The topological polar surface area (TPSA) is 31.4 Å². The maximum Gasteiger partial charge on any atom is 0.280 e. The van der Waals surface area contributed by atoms with Gasteiger partial charge in [0, 0.05) is 56.1 Å². The van der Waals surface area contributed by atoms with Crippen LogP contribution in [0.3, 0.4) is 0 Å². The molecule has 0 aromatic carbocycles. The van der Waals surface area contributed by atoms with Crippen LogP contribution in [0.5, 0.6) is 0 Å². The molecule has 0 aliphatic carbocycles. The van der Waals surface area contributed by atoms with Crippen molar-refractivity contribution >= 4 is 17.3 Å². The third-order valence-corrected chi connectivity index (χ3v) is 5.68. The van der Waals surface area contributed by atoms with Gasteiger partial charge in [-0.2, -0.15) is 0 Å². The smallest absolute Gasteiger partial charge is 0.280 e. The summed E-state index contributed by atoms with van der Waals surface area (Å²) < 4.78 is 26.7. The fourth-order valence-corrected chi connectivity index (χ4v) is 4.57. The molecule has 3 aliphatic rings. The number of rotatable bonds is 2. The van der Waals surface area contributed by atoms with Crippen LogP contribution in [-0.2, 0) is 0 Å². The van der Waals surface area contributed by atoms with E-state index in [1.165, 1.54) is 0 Å². The van der Waals surface area contributed by atoms with Crippen molar-refractivity contribution in [2.75, 3.05) is 37.6 Å². The van der Waals surface area contributed by atoms with E-state index in [4.69, 9.17) is 11.6 Å². The van der Waals surface area contributed by atoms with Crippen LogP contribution in [0.4, 0.5) is 14.5 Å². The minimum absolute atomic E-state index is 0.0886. The first kappa shape index (κ1) is 15.5. The Morgan fingerprint density at radius 2 is 2.04 bits per heavy atom. The Morgan fingerprint density at radius 3 is 2.74 bits per heavy atom. The van der Waals surface area contributed by atoms with Gasteiger partial charge in [-0.15, -0.1) is 0 Å². The number of nitrogens with one attached hydrogen (secondary N) is 1. The molecule has 1 aromatic rings. The van der Waals surface area contributed by atoms with Crippen molar-refractivity contribution in [2.45, 2.75) is 37.8 Å². The summed E-state index contributed by atoms with van der Waals surface area (Å²) in [6.07, 6.45) is -1.67. The fraction of sp³-hybridized carbons (Fsp3) is 0.688. The minimum Gasteiger partial charge on any atom is -0.365 e. The Labute approximate surface area is 139 Å². The van der Waals surface area contributed by atoms with Crippen LogP contribution in [0.25, 0.3) is 0 Å². The second kappa shape index (κ2) is 5.83.